The standard InChI is InChI=1S/C15H19N3O/c19-15(7-4-8-15)12-16-9-13-10-17-18(11-13)14-5-2-1-3-6-14/h1-3,5-6,10-11,16,19H,4,7-9,12H2. The van der Waals surface area contributed by atoms with Crippen LogP contribution < -0.4 is 5.32 Å². The molecule has 100 valence electrons. The highest BCUT2D eigenvalue weighted by atomic mass is 16.3. The molecule has 2 N–H and O–H groups in total. The van der Waals surface area contributed by atoms with Gasteiger partial charge in [-0.1, -0.05) is 18.2 Å². The summed E-state index contributed by atoms with van der Waals surface area (Å²) in [6, 6.07) is 10.1. The van der Waals surface area contributed by atoms with Gasteiger partial charge in [-0.25, -0.2) is 4.68 Å². The minimum atomic E-state index is -0.463. The van der Waals surface area contributed by atoms with Gasteiger partial charge in [0.15, 0.2) is 0 Å². The molecule has 1 aliphatic rings. The van der Waals surface area contributed by atoms with E-state index in [4.69, 9.17) is 0 Å². The van der Waals surface area contributed by atoms with Crippen molar-refractivity contribution in [2.45, 2.75) is 31.4 Å². The van der Waals surface area contributed by atoms with Crippen molar-refractivity contribution in [1.82, 2.24) is 15.1 Å². The molecule has 1 aliphatic carbocycles. The molecule has 0 aliphatic heterocycles. The summed E-state index contributed by atoms with van der Waals surface area (Å²) in [6.45, 7) is 1.42. The van der Waals surface area contributed by atoms with Gasteiger partial charge in [0.1, 0.15) is 0 Å². The first-order chi connectivity index (χ1) is 9.25. The summed E-state index contributed by atoms with van der Waals surface area (Å²) in [5.74, 6) is 0. The van der Waals surface area contributed by atoms with Crippen LogP contribution in [0, 0.1) is 0 Å². The van der Waals surface area contributed by atoms with E-state index in [9.17, 15) is 5.11 Å². The van der Waals surface area contributed by atoms with E-state index in [1.165, 1.54) is 0 Å². The highest BCUT2D eigenvalue weighted by molar-refractivity contribution is 5.30. The van der Waals surface area contributed by atoms with Crippen LogP contribution in [-0.4, -0.2) is 27.0 Å². The molecule has 3 rings (SSSR count). The Morgan fingerprint density at radius 3 is 2.74 bits per heavy atom. The highest BCUT2D eigenvalue weighted by Gasteiger charge is 2.33. The van der Waals surface area contributed by atoms with Gasteiger partial charge in [-0.15, -0.1) is 0 Å². The van der Waals surface area contributed by atoms with Crippen molar-refractivity contribution in [2.75, 3.05) is 6.54 Å². The molecule has 4 nitrogen and oxygen atoms in total. The highest BCUT2D eigenvalue weighted by Crippen LogP contribution is 2.30. The maximum atomic E-state index is 9.99. The van der Waals surface area contributed by atoms with E-state index in [1.54, 1.807) is 0 Å². The number of nitrogens with one attached hydrogen (secondary N) is 1. The Balaban J connectivity index is 1.56. The van der Waals surface area contributed by atoms with E-state index in [0.717, 1.165) is 37.1 Å². The monoisotopic (exact) mass is 257 g/mol. The van der Waals surface area contributed by atoms with Crippen LogP contribution in [0.4, 0.5) is 0 Å². The molecule has 0 spiro atoms. The van der Waals surface area contributed by atoms with Gasteiger partial charge in [0.05, 0.1) is 17.5 Å². The normalized spacial score (nSPS) is 17.1. The summed E-state index contributed by atoms with van der Waals surface area (Å²) < 4.78 is 1.87. The van der Waals surface area contributed by atoms with Gasteiger partial charge in [0.2, 0.25) is 0 Å². The van der Waals surface area contributed by atoms with Crippen LogP contribution in [0.3, 0.4) is 0 Å². The van der Waals surface area contributed by atoms with Gasteiger partial charge in [0.25, 0.3) is 0 Å². The number of para-hydroxylation sites is 1. The van der Waals surface area contributed by atoms with Crippen LogP contribution in [0.15, 0.2) is 42.7 Å². The lowest BCUT2D eigenvalue weighted by molar-refractivity contribution is -0.0314. The number of hydrogen-bond donors (Lipinski definition) is 2. The number of benzene rings is 1. The van der Waals surface area contributed by atoms with Crippen molar-refractivity contribution in [3.05, 3.63) is 48.3 Å². The average molecular weight is 257 g/mol. The molecule has 1 aromatic heterocycles. The zero-order valence-electron chi connectivity index (χ0n) is 10.9. The van der Waals surface area contributed by atoms with Gasteiger partial charge in [0, 0.05) is 24.8 Å². The lowest BCUT2D eigenvalue weighted by Crippen LogP contribution is -2.45. The van der Waals surface area contributed by atoms with E-state index in [2.05, 4.69) is 10.4 Å². The molecule has 1 saturated carbocycles. The summed E-state index contributed by atoms with van der Waals surface area (Å²) in [5, 5.41) is 17.6. The molecule has 19 heavy (non-hydrogen) atoms. The van der Waals surface area contributed by atoms with Crippen LogP contribution in [0.2, 0.25) is 0 Å². The van der Waals surface area contributed by atoms with Crippen molar-refractivity contribution in [1.29, 1.82) is 0 Å². The topological polar surface area (TPSA) is 50.1 Å². The number of aromatic nitrogens is 2. The fourth-order valence-corrected chi connectivity index (χ4v) is 2.37. The molecule has 1 aromatic carbocycles. The zero-order chi connectivity index (χ0) is 13.1. The Morgan fingerprint density at radius 2 is 2.05 bits per heavy atom. The molecule has 0 amide bonds. The molecule has 1 fully saturated rings. The van der Waals surface area contributed by atoms with Crippen LogP contribution in [-0.2, 0) is 6.54 Å². The maximum absolute atomic E-state index is 9.99. The van der Waals surface area contributed by atoms with Crippen LogP contribution in [0.1, 0.15) is 24.8 Å². The fourth-order valence-electron chi connectivity index (χ4n) is 2.37. The Hall–Kier alpha value is -1.65. The molecule has 0 unspecified atom stereocenters. The van der Waals surface area contributed by atoms with E-state index >= 15 is 0 Å². The Kier molecular flexibility index (Phi) is 3.36. The summed E-state index contributed by atoms with van der Waals surface area (Å²) >= 11 is 0. The van der Waals surface area contributed by atoms with Gasteiger partial charge in [-0.2, -0.15) is 5.10 Å². The Morgan fingerprint density at radius 1 is 1.26 bits per heavy atom. The second kappa shape index (κ2) is 5.15. The summed E-state index contributed by atoms with van der Waals surface area (Å²) in [4.78, 5) is 0. The predicted molar refractivity (Wildman–Crippen MR) is 74.1 cm³/mol. The van der Waals surface area contributed by atoms with E-state index in [0.29, 0.717) is 6.54 Å². The first-order valence-electron chi connectivity index (χ1n) is 6.77. The third-order valence-electron chi connectivity index (χ3n) is 3.72. The van der Waals surface area contributed by atoms with Crippen molar-refractivity contribution < 1.29 is 5.11 Å². The van der Waals surface area contributed by atoms with Crippen LogP contribution in [0.5, 0.6) is 0 Å². The van der Waals surface area contributed by atoms with Crippen molar-refractivity contribution in [3.8, 4) is 5.69 Å². The second-order valence-corrected chi connectivity index (χ2v) is 5.31. The molecule has 0 bridgehead atoms. The minimum absolute atomic E-state index is 0.463. The van der Waals surface area contributed by atoms with Gasteiger partial charge in [-0.3, -0.25) is 0 Å². The lowest BCUT2D eigenvalue weighted by Gasteiger charge is -2.36. The third-order valence-corrected chi connectivity index (χ3v) is 3.72. The Bertz CT molecular complexity index is 531. The Labute approximate surface area is 113 Å². The third kappa shape index (κ3) is 2.85. The molecular weight excluding hydrogens is 238 g/mol. The maximum Gasteiger partial charge on any atom is 0.0771 e. The van der Waals surface area contributed by atoms with Gasteiger partial charge < -0.3 is 10.4 Å². The zero-order valence-corrected chi connectivity index (χ0v) is 10.9. The molecule has 2 aromatic rings. The SMILES string of the molecule is OC1(CNCc2cnn(-c3ccccc3)c2)CCC1. The van der Waals surface area contributed by atoms with Gasteiger partial charge >= 0.3 is 0 Å². The lowest BCUT2D eigenvalue weighted by atomic mass is 9.80. The minimum Gasteiger partial charge on any atom is -0.389 e. The summed E-state index contributed by atoms with van der Waals surface area (Å²) in [7, 11) is 0. The smallest absolute Gasteiger partial charge is 0.0771 e. The van der Waals surface area contributed by atoms with Crippen molar-refractivity contribution >= 4 is 0 Å². The fraction of sp³-hybridized carbons (Fsp3) is 0.400. The van der Waals surface area contributed by atoms with Gasteiger partial charge in [-0.05, 0) is 31.4 Å². The average Bonchev–Trinajstić information content (AvgIpc) is 2.87. The van der Waals surface area contributed by atoms with Crippen LogP contribution >= 0.6 is 0 Å². The van der Waals surface area contributed by atoms with E-state index < -0.39 is 5.60 Å². The molecule has 0 saturated heterocycles. The summed E-state index contributed by atoms with van der Waals surface area (Å²) in [6.07, 6.45) is 6.87. The molecule has 0 atom stereocenters. The van der Waals surface area contributed by atoms with Crippen molar-refractivity contribution in [2.24, 2.45) is 0 Å². The quantitative estimate of drug-likeness (QED) is 0.860. The van der Waals surface area contributed by atoms with E-state index in [-0.39, 0.29) is 0 Å². The van der Waals surface area contributed by atoms with Crippen LogP contribution in [0.25, 0.3) is 5.69 Å². The number of nitrogens with zero attached hydrogens (tertiary/aromatic N) is 2. The predicted octanol–water partition coefficient (Wildman–Crippen LogP) is 1.88. The van der Waals surface area contributed by atoms with Crippen molar-refractivity contribution in [3.63, 3.8) is 0 Å². The number of rotatable bonds is 5. The number of hydrogen-bond acceptors (Lipinski definition) is 3. The molecule has 4 heteroatoms. The second-order valence-electron chi connectivity index (χ2n) is 5.31. The first-order valence-corrected chi connectivity index (χ1v) is 6.77. The largest absolute Gasteiger partial charge is 0.389 e. The molecular formula is C15H19N3O. The molecule has 1 heterocycles. The van der Waals surface area contributed by atoms with E-state index in [1.807, 2.05) is 47.4 Å². The molecule has 0 radical (unpaired) electrons. The summed E-state index contributed by atoms with van der Waals surface area (Å²) in [5.41, 5.74) is 1.73. The first kappa shape index (κ1) is 12.4. The number of aliphatic hydroxyl groups is 1.